The fourth-order valence-electron chi connectivity index (χ4n) is 4.20. The van der Waals surface area contributed by atoms with Gasteiger partial charge in [0.25, 0.3) is 0 Å². The van der Waals surface area contributed by atoms with E-state index in [0.29, 0.717) is 41.9 Å². The lowest BCUT2D eigenvalue weighted by atomic mass is 10.0. The molecule has 2 aromatic carbocycles. The molecule has 0 spiro atoms. The van der Waals surface area contributed by atoms with Crippen LogP contribution in [0.15, 0.2) is 42.6 Å². The molecule has 1 aliphatic heterocycles. The fourth-order valence-corrected chi connectivity index (χ4v) is 5.49. The van der Waals surface area contributed by atoms with Crippen LogP contribution in [0.3, 0.4) is 0 Å². The Balaban J connectivity index is 1.52. The number of piperidine rings is 1. The largest absolute Gasteiger partial charge is 0.493 e. The molecule has 0 amide bonds. The van der Waals surface area contributed by atoms with Crippen LogP contribution in [0.5, 0.6) is 11.5 Å². The lowest BCUT2D eigenvalue weighted by Gasteiger charge is -2.30. The van der Waals surface area contributed by atoms with Gasteiger partial charge in [0.2, 0.25) is 10.0 Å². The Kier molecular flexibility index (Phi) is 7.58. The predicted molar refractivity (Wildman–Crippen MR) is 134 cm³/mol. The molecule has 34 heavy (non-hydrogen) atoms. The first-order valence-electron chi connectivity index (χ1n) is 10.9. The van der Waals surface area contributed by atoms with Crippen molar-refractivity contribution in [3.05, 3.63) is 53.2 Å². The normalized spacial score (nSPS) is 16.9. The number of halogens is 2. The van der Waals surface area contributed by atoms with Crippen LogP contribution in [-0.4, -0.2) is 55.7 Å². The number of hydrogen-bond donors (Lipinski definition) is 0. The molecule has 1 fully saturated rings. The molecule has 3 aromatic rings. The van der Waals surface area contributed by atoms with Crippen LogP contribution >= 0.6 is 23.2 Å². The summed E-state index contributed by atoms with van der Waals surface area (Å²) in [7, 11) is -3.18. The van der Waals surface area contributed by atoms with Crippen molar-refractivity contribution >= 4 is 44.1 Å². The Hall–Kier alpha value is -2.44. The highest BCUT2D eigenvalue weighted by Crippen LogP contribution is 2.33. The summed E-state index contributed by atoms with van der Waals surface area (Å²) in [6, 6.07) is 13.4. The van der Waals surface area contributed by atoms with Gasteiger partial charge in [-0.15, -0.1) is 11.6 Å². The average molecular weight is 522 g/mol. The van der Waals surface area contributed by atoms with Crippen LogP contribution < -0.4 is 9.47 Å². The summed E-state index contributed by atoms with van der Waals surface area (Å²) in [5.74, 6) is 1.52. The van der Waals surface area contributed by atoms with Crippen LogP contribution in [0.4, 0.5) is 0 Å². The number of aromatic nitrogens is 1. The molecular formula is C24H25Cl2N3O4S. The number of rotatable bonds is 8. The van der Waals surface area contributed by atoms with Crippen molar-refractivity contribution in [2.24, 2.45) is 5.92 Å². The highest BCUT2D eigenvalue weighted by atomic mass is 35.5. The van der Waals surface area contributed by atoms with E-state index in [1.165, 1.54) is 10.6 Å². The third kappa shape index (κ3) is 5.44. The number of sulfonamides is 1. The van der Waals surface area contributed by atoms with Crippen LogP contribution in [-0.2, 0) is 10.0 Å². The Morgan fingerprint density at radius 1 is 1.21 bits per heavy atom. The summed E-state index contributed by atoms with van der Waals surface area (Å²) in [6.07, 6.45) is 4.94. The number of hydrogen-bond acceptors (Lipinski definition) is 5. The molecule has 1 atom stereocenters. The van der Waals surface area contributed by atoms with Crippen LogP contribution in [0, 0.1) is 17.2 Å². The Bertz CT molecular complexity index is 1330. The van der Waals surface area contributed by atoms with Crippen molar-refractivity contribution in [1.29, 1.82) is 5.26 Å². The maximum atomic E-state index is 11.8. The summed E-state index contributed by atoms with van der Waals surface area (Å²) in [4.78, 5) is 0. The molecule has 0 saturated carbocycles. The van der Waals surface area contributed by atoms with Gasteiger partial charge in [0.05, 0.1) is 34.8 Å². The average Bonchev–Trinajstić information content (AvgIpc) is 3.24. The number of fused-ring (bicyclic) bond motifs is 1. The van der Waals surface area contributed by atoms with E-state index in [1.807, 2.05) is 35.0 Å². The summed E-state index contributed by atoms with van der Waals surface area (Å²) >= 11 is 12.1. The standard InChI is InChI=1S/C24H25Cl2N3O4S/c1-34(30,31)28-8-2-3-17(15-28)16-33-21-4-5-23-18(12-21)6-9-29(23)20-11-19(14-27)24(22(26)13-20)32-10-7-25/h4-6,9,11-13,17H,2-3,7-8,10,15-16H2,1H3/t17-/m1/s1. The van der Waals surface area contributed by atoms with Gasteiger partial charge in [-0.1, -0.05) is 11.6 Å². The van der Waals surface area contributed by atoms with Crippen LogP contribution in [0.1, 0.15) is 18.4 Å². The van der Waals surface area contributed by atoms with E-state index in [-0.39, 0.29) is 12.5 Å². The number of alkyl halides is 1. The van der Waals surface area contributed by atoms with Crippen LogP contribution in [0.2, 0.25) is 5.02 Å². The molecule has 4 rings (SSSR count). The quantitative estimate of drug-likeness (QED) is 0.396. The number of nitriles is 1. The number of ether oxygens (including phenoxy) is 2. The van der Waals surface area contributed by atoms with Crippen molar-refractivity contribution < 1.29 is 17.9 Å². The fraction of sp³-hybridized carbons (Fsp3) is 0.375. The van der Waals surface area contributed by atoms with Gasteiger partial charge < -0.3 is 14.0 Å². The van der Waals surface area contributed by atoms with Gasteiger partial charge in [-0.3, -0.25) is 0 Å². The van der Waals surface area contributed by atoms with E-state index in [1.54, 1.807) is 12.1 Å². The summed E-state index contributed by atoms with van der Waals surface area (Å²) < 4.78 is 38.7. The van der Waals surface area contributed by atoms with Gasteiger partial charge >= 0.3 is 0 Å². The predicted octanol–water partition coefficient (Wildman–Crippen LogP) is 4.82. The first-order valence-corrected chi connectivity index (χ1v) is 13.7. The molecule has 0 N–H and O–H groups in total. The van der Waals surface area contributed by atoms with E-state index in [2.05, 4.69) is 6.07 Å². The molecule has 1 saturated heterocycles. The van der Waals surface area contributed by atoms with Crippen molar-refractivity contribution in [2.45, 2.75) is 12.8 Å². The lowest BCUT2D eigenvalue weighted by Crippen LogP contribution is -2.40. The van der Waals surface area contributed by atoms with Crippen molar-refractivity contribution in [2.75, 3.05) is 38.4 Å². The zero-order valence-corrected chi connectivity index (χ0v) is 21.0. The summed E-state index contributed by atoms with van der Waals surface area (Å²) in [5, 5.41) is 10.9. The zero-order chi connectivity index (χ0) is 24.3. The van der Waals surface area contributed by atoms with Gasteiger partial charge in [0, 0.05) is 36.3 Å². The molecular weight excluding hydrogens is 497 g/mol. The molecule has 1 aromatic heterocycles. The van der Waals surface area contributed by atoms with Gasteiger partial charge in [0.1, 0.15) is 18.4 Å². The minimum Gasteiger partial charge on any atom is -0.493 e. The zero-order valence-electron chi connectivity index (χ0n) is 18.7. The Morgan fingerprint density at radius 3 is 2.76 bits per heavy atom. The van der Waals surface area contributed by atoms with Gasteiger partial charge in [-0.2, -0.15) is 5.26 Å². The van der Waals surface area contributed by atoms with E-state index in [4.69, 9.17) is 32.7 Å². The maximum Gasteiger partial charge on any atom is 0.211 e. The lowest BCUT2D eigenvalue weighted by molar-refractivity contribution is 0.181. The molecule has 0 unspecified atom stereocenters. The van der Waals surface area contributed by atoms with Gasteiger partial charge in [0.15, 0.2) is 5.75 Å². The van der Waals surface area contributed by atoms with E-state index in [0.717, 1.165) is 35.2 Å². The smallest absolute Gasteiger partial charge is 0.211 e. The second kappa shape index (κ2) is 10.4. The summed E-state index contributed by atoms with van der Waals surface area (Å²) in [5.41, 5.74) is 2.01. The van der Waals surface area contributed by atoms with Crippen molar-refractivity contribution in [3.63, 3.8) is 0 Å². The molecule has 2 heterocycles. The third-order valence-corrected chi connectivity index (χ3v) is 7.55. The molecule has 0 bridgehead atoms. The molecule has 10 heteroatoms. The molecule has 0 aliphatic carbocycles. The molecule has 0 radical (unpaired) electrons. The highest BCUT2D eigenvalue weighted by Gasteiger charge is 2.26. The topological polar surface area (TPSA) is 84.6 Å². The van der Waals surface area contributed by atoms with E-state index in [9.17, 15) is 13.7 Å². The first kappa shape index (κ1) is 24.7. The third-order valence-electron chi connectivity index (χ3n) is 5.85. The molecule has 1 aliphatic rings. The van der Waals surface area contributed by atoms with E-state index >= 15 is 0 Å². The second-order valence-corrected chi connectivity index (χ2v) is 11.1. The van der Waals surface area contributed by atoms with Crippen molar-refractivity contribution in [3.8, 4) is 23.3 Å². The Labute approximate surface area is 209 Å². The monoisotopic (exact) mass is 521 g/mol. The number of benzene rings is 2. The minimum atomic E-state index is -3.18. The number of nitrogens with zero attached hydrogens (tertiary/aromatic N) is 3. The second-order valence-electron chi connectivity index (χ2n) is 8.30. The maximum absolute atomic E-state index is 11.8. The van der Waals surface area contributed by atoms with Gasteiger partial charge in [-0.25, -0.2) is 12.7 Å². The van der Waals surface area contributed by atoms with Gasteiger partial charge in [-0.05, 0) is 49.2 Å². The Morgan fingerprint density at radius 2 is 2.03 bits per heavy atom. The molecule has 180 valence electrons. The minimum absolute atomic E-state index is 0.162. The van der Waals surface area contributed by atoms with E-state index < -0.39 is 10.0 Å². The molecule has 7 nitrogen and oxygen atoms in total. The summed E-state index contributed by atoms with van der Waals surface area (Å²) in [6.45, 7) is 1.79. The SMILES string of the molecule is CS(=O)(=O)N1CCC[C@@H](COc2ccc3c(ccn3-c3cc(Cl)c(OCCCl)c(C#N)c3)c2)C1. The van der Waals surface area contributed by atoms with Crippen LogP contribution in [0.25, 0.3) is 16.6 Å². The van der Waals surface area contributed by atoms with Crippen molar-refractivity contribution in [1.82, 2.24) is 8.87 Å². The highest BCUT2D eigenvalue weighted by molar-refractivity contribution is 7.88. The first-order chi connectivity index (χ1) is 16.3.